The summed E-state index contributed by atoms with van der Waals surface area (Å²) in [6, 6.07) is 15.6. The van der Waals surface area contributed by atoms with Crippen LogP contribution in [0.15, 0.2) is 65.3 Å². The minimum Gasteiger partial charge on any atom is -0.493 e. The molecule has 0 aliphatic heterocycles. The number of allylic oxidation sites excluding steroid dienone is 1. The Morgan fingerprint density at radius 2 is 1.72 bits per heavy atom. The van der Waals surface area contributed by atoms with Crippen LogP contribution in [0.4, 0.5) is 5.69 Å². The summed E-state index contributed by atoms with van der Waals surface area (Å²) in [6.07, 6.45) is 3.36. The van der Waals surface area contributed by atoms with E-state index in [1.165, 1.54) is 5.56 Å². The highest BCUT2D eigenvalue weighted by atomic mass is 16.5. The van der Waals surface area contributed by atoms with E-state index in [0.29, 0.717) is 29.5 Å². The quantitative estimate of drug-likeness (QED) is 0.268. The lowest BCUT2D eigenvalue weighted by Gasteiger charge is -2.15. The summed E-state index contributed by atoms with van der Waals surface area (Å²) in [5.41, 5.74) is 7.17. The van der Waals surface area contributed by atoms with Crippen LogP contribution >= 0.6 is 0 Å². The van der Waals surface area contributed by atoms with Crippen LogP contribution in [0.2, 0.25) is 0 Å². The number of furan rings is 1. The number of fused-ring (bicyclic) bond motifs is 1. The summed E-state index contributed by atoms with van der Waals surface area (Å²) in [7, 11) is 3.13. The average molecular weight is 486 g/mol. The molecule has 1 aromatic heterocycles. The van der Waals surface area contributed by atoms with Crippen molar-refractivity contribution in [2.24, 2.45) is 0 Å². The number of rotatable bonds is 8. The van der Waals surface area contributed by atoms with Crippen LogP contribution in [0.5, 0.6) is 17.2 Å². The molecule has 36 heavy (non-hydrogen) atoms. The maximum Gasteiger partial charge on any atom is 0.248 e. The van der Waals surface area contributed by atoms with Gasteiger partial charge in [0.1, 0.15) is 11.3 Å². The van der Waals surface area contributed by atoms with Crippen molar-refractivity contribution < 1.29 is 23.4 Å². The standard InChI is InChI=1S/C30H31NO5/c1-7-35-29-20(4)30-24(25(17-36-30)21-10-8-18(2)9-11-21)16-23(29)19(3)14-28(32)31-22-12-13-26(33-5)27(15-22)34-6/h8-17H,7H2,1-6H3,(H,31,32)/b19-14+. The summed E-state index contributed by atoms with van der Waals surface area (Å²) in [5.74, 6) is 1.59. The second-order valence-electron chi connectivity index (χ2n) is 8.59. The van der Waals surface area contributed by atoms with E-state index < -0.39 is 0 Å². The normalized spacial score (nSPS) is 11.4. The van der Waals surface area contributed by atoms with E-state index in [1.807, 2.05) is 26.8 Å². The van der Waals surface area contributed by atoms with E-state index in [1.54, 1.807) is 44.8 Å². The molecule has 186 valence electrons. The molecule has 4 rings (SSSR count). The minimum atomic E-state index is -0.258. The predicted molar refractivity (Wildman–Crippen MR) is 144 cm³/mol. The third kappa shape index (κ3) is 4.93. The van der Waals surface area contributed by atoms with Crippen LogP contribution in [-0.4, -0.2) is 26.7 Å². The summed E-state index contributed by atoms with van der Waals surface area (Å²) in [4.78, 5) is 12.9. The Morgan fingerprint density at radius 1 is 1.00 bits per heavy atom. The summed E-state index contributed by atoms with van der Waals surface area (Å²) in [5, 5.41) is 3.87. The van der Waals surface area contributed by atoms with Gasteiger partial charge < -0.3 is 23.9 Å². The fourth-order valence-electron chi connectivity index (χ4n) is 4.26. The van der Waals surface area contributed by atoms with Crippen molar-refractivity contribution in [1.29, 1.82) is 0 Å². The van der Waals surface area contributed by atoms with Crippen molar-refractivity contribution in [3.8, 4) is 28.4 Å². The van der Waals surface area contributed by atoms with Crippen molar-refractivity contribution in [2.75, 3.05) is 26.1 Å². The monoisotopic (exact) mass is 485 g/mol. The van der Waals surface area contributed by atoms with Gasteiger partial charge in [0.05, 0.1) is 27.1 Å². The summed E-state index contributed by atoms with van der Waals surface area (Å²) >= 11 is 0. The highest BCUT2D eigenvalue weighted by molar-refractivity contribution is 6.06. The molecule has 0 saturated heterocycles. The molecule has 0 spiro atoms. The van der Waals surface area contributed by atoms with Gasteiger partial charge in [-0.25, -0.2) is 0 Å². The van der Waals surface area contributed by atoms with E-state index in [4.69, 9.17) is 18.6 Å². The van der Waals surface area contributed by atoms with Gasteiger partial charge in [0.2, 0.25) is 5.91 Å². The fourth-order valence-corrected chi connectivity index (χ4v) is 4.26. The van der Waals surface area contributed by atoms with Gasteiger partial charge in [0.15, 0.2) is 11.5 Å². The zero-order valence-electron chi connectivity index (χ0n) is 21.5. The lowest BCUT2D eigenvalue weighted by atomic mass is 9.96. The Kier molecular flexibility index (Phi) is 7.34. The maximum absolute atomic E-state index is 12.9. The average Bonchev–Trinajstić information content (AvgIpc) is 3.30. The lowest BCUT2D eigenvalue weighted by Crippen LogP contribution is -2.09. The number of hydrogen-bond donors (Lipinski definition) is 1. The number of hydrogen-bond acceptors (Lipinski definition) is 5. The van der Waals surface area contributed by atoms with Crippen LogP contribution in [0, 0.1) is 13.8 Å². The van der Waals surface area contributed by atoms with E-state index in [0.717, 1.165) is 38.8 Å². The summed E-state index contributed by atoms with van der Waals surface area (Å²) in [6.45, 7) is 8.39. The number of benzene rings is 3. The molecule has 4 aromatic rings. The highest BCUT2D eigenvalue weighted by Crippen LogP contribution is 2.41. The second-order valence-corrected chi connectivity index (χ2v) is 8.59. The molecule has 0 saturated carbocycles. The molecule has 0 aliphatic rings. The first-order valence-electron chi connectivity index (χ1n) is 11.8. The van der Waals surface area contributed by atoms with Gasteiger partial charge >= 0.3 is 0 Å². The number of amides is 1. The van der Waals surface area contributed by atoms with Crippen LogP contribution in [0.25, 0.3) is 27.7 Å². The Balaban J connectivity index is 1.73. The molecular formula is C30H31NO5. The Labute approximate surface area is 211 Å². The lowest BCUT2D eigenvalue weighted by molar-refractivity contribution is -0.111. The van der Waals surface area contributed by atoms with Gasteiger partial charge in [0, 0.05) is 39.9 Å². The van der Waals surface area contributed by atoms with E-state index >= 15 is 0 Å². The van der Waals surface area contributed by atoms with Crippen molar-refractivity contribution in [2.45, 2.75) is 27.7 Å². The van der Waals surface area contributed by atoms with E-state index in [9.17, 15) is 4.79 Å². The van der Waals surface area contributed by atoms with Crippen LogP contribution in [0.1, 0.15) is 30.5 Å². The van der Waals surface area contributed by atoms with Gasteiger partial charge in [-0.2, -0.15) is 0 Å². The van der Waals surface area contributed by atoms with Crippen molar-refractivity contribution in [3.63, 3.8) is 0 Å². The molecule has 0 aliphatic carbocycles. The largest absolute Gasteiger partial charge is 0.493 e. The Bertz CT molecular complexity index is 1430. The van der Waals surface area contributed by atoms with Crippen molar-refractivity contribution in [1.82, 2.24) is 0 Å². The zero-order valence-corrected chi connectivity index (χ0v) is 21.5. The molecule has 6 nitrogen and oxygen atoms in total. The Morgan fingerprint density at radius 3 is 2.39 bits per heavy atom. The molecule has 0 atom stereocenters. The molecule has 3 aromatic carbocycles. The zero-order chi connectivity index (χ0) is 25.8. The van der Waals surface area contributed by atoms with Gasteiger partial charge in [0.25, 0.3) is 0 Å². The number of carbonyl (C=O) groups excluding carboxylic acids is 1. The van der Waals surface area contributed by atoms with Crippen molar-refractivity contribution >= 4 is 28.1 Å². The number of carbonyl (C=O) groups is 1. The van der Waals surface area contributed by atoms with Crippen LogP contribution in [-0.2, 0) is 4.79 Å². The SMILES string of the molecule is CCOc1c(/C(C)=C/C(=O)Nc2ccc(OC)c(OC)c2)cc2c(-c3ccc(C)cc3)coc2c1C. The number of methoxy groups -OCH3 is 2. The molecule has 0 radical (unpaired) electrons. The van der Waals surface area contributed by atoms with Gasteiger partial charge in [-0.15, -0.1) is 0 Å². The maximum atomic E-state index is 12.9. The first-order chi connectivity index (χ1) is 17.4. The van der Waals surface area contributed by atoms with Crippen molar-refractivity contribution in [3.05, 3.63) is 77.6 Å². The number of aryl methyl sites for hydroxylation is 2. The van der Waals surface area contributed by atoms with Gasteiger partial charge in [-0.05, 0) is 57.0 Å². The molecule has 6 heteroatoms. The third-order valence-electron chi connectivity index (χ3n) is 6.12. The molecule has 1 amide bonds. The van der Waals surface area contributed by atoms with Gasteiger partial charge in [-0.1, -0.05) is 29.8 Å². The molecule has 0 bridgehead atoms. The minimum absolute atomic E-state index is 0.258. The topological polar surface area (TPSA) is 69.9 Å². The van der Waals surface area contributed by atoms with E-state index in [-0.39, 0.29) is 5.91 Å². The first kappa shape index (κ1) is 24.9. The van der Waals surface area contributed by atoms with E-state index in [2.05, 4.69) is 36.5 Å². The third-order valence-corrected chi connectivity index (χ3v) is 6.12. The molecule has 1 heterocycles. The number of ether oxygens (including phenoxy) is 3. The van der Waals surface area contributed by atoms with Crippen LogP contribution < -0.4 is 19.5 Å². The number of anilines is 1. The second kappa shape index (κ2) is 10.6. The first-order valence-corrected chi connectivity index (χ1v) is 11.8. The Hall–Kier alpha value is -4.19. The predicted octanol–water partition coefficient (Wildman–Crippen LogP) is 7.17. The van der Waals surface area contributed by atoms with Gasteiger partial charge in [-0.3, -0.25) is 4.79 Å². The molecule has 0 unspecified atom stereocenters. The van der Waals surface area contributed by atoms with Crippen LogP contribution in [0.3, 0.4) is 0 Å². The molecule has 0 fully saturated rings. The fraction of sp³-hybridized carbons (Fsp3) is 0.233. The molecule has 1 N–H and O–H groups in total. The molecular weight excluding hydrogens is 454 g/mol. The smallest absolute Gasteiger partial charge is 0.248 e. The summed E-state index contributed by atoms with van der Waals surface area (Å²) < 4.78 is 22.6. The number of nitrogens with one attached hydrogen (secondary N) is 1. The highest BCUT2D eigenvalue weighted by Gasteiger charge is 2.19.